The number of hydrogen-bond donors (Lipinski definition) is 2. The summed E-state index contributed by atoms with van der Waals surface area (Å²) in [4.78, 5) is 25.4. The monoisotopic (exact) mass is 330 g/mol. The highest BCUT2D eigenvalue weighted by Crippen LogP contribution is 2.31. The number of rotatable bonds is 4. The van der Waals surface area contributed by atoms with Gasteiger partial charge in [0.05, 0.1) is 6.20 Å². The lowest BCUT2D eigenvalue weighted by Crippen LogP contribution is -2.24. The van der Waals surface area contributed by atoms with E-state index < -0.39 is 28.6 Å². The van der Waals surface area contributed by atoms with E-state index in [4.69, 9.17) is 5.11 Å². The molecule has 1 heterocycles. The average molecular weight is 330 g/mol. The number of benzene rings is 1. The summed E-state index contributed by atoms with van der Waals surface area (Å²) in [7, 11) is 0. The molecule has 0 aliphatic carbocycles. The van der Waals surface area contributed by atoms with E-state index in [1.54, 1.807) is 0 Å². The van der Waals surface area contributed by atoms with Gasteiger partial charge in [0.15, 0.2) is 5.01 Å². The fraction of sp³-hybridized carbons (Fsp3) is 0.154. The molecular weight excluding hydrogens is 321 g/mol. The van der Waals surface area contributed by atoms with Crippen LogP contribution in [0, 0.1) is 12.7 Å². The molecule has 0 spiro atoms. The van der Waals surface area contributed by atoms with Gasteiger partial charge < -0.3 is 10.4 Å². The van der Waals surface area contributed by atoms with Crippen LogP contribution in [-0.4, -0.2) is 22.0 Å². The molecule has 9 heteroatoms. The Morgan fingerprint density at radius 1 is 1.36 bits per heavy atom. The molecule has 116 valence electrons. The summed E-state index contributed by atoms with van der Waals surface area (Å²) >= 11 is 0.275. The van der Waals surface area contributed by atoms with Crippen molar-refractivity contribution < 1.29 is 27.9 Å². The highest BCUT2D eigenvalue weighted by Gasteiger charge is 2.44. The smallest absolute Gasteiger partial charge is 0.393 e. The molecule has 0 atom stereocenters. The van der Waals surface area contributed by atoms with Gasteiger partial charge in [0.25, 0.3) is 5.91 Å². The number of hydrogen-bond acceptors (Lipinski definition) is 4. The van der Waals surface area contributed by atoms with Gasteiger partial charge in [0.2, 0.25) is 0 Å². The number of carbonyl (C=O) groups excluding carboxylic acids is 1. The van der Waals surface area contributed by atoms with Crippen molar-refractivity contribution >= 4 is 28.9 Å². The Hall–Kier alpha value is -2.42. The molecule has 5 nitrogen and oxygen atoms in total. The number of nitrogens with zero attached hydrogens (tertiary/aromatic N) is 1. The maximum Gasteiger partial charge on any atom is 0.393 e. The van der Waals surface area contributed by atoms with Gasteiger partial charge in [-0.1, -0.05) is 0 Å². The Morgan fingerprint density at radius 2 is 2.05 bits per heavy atom. The van der Waals surface area contributed by atoms with E-state index in [0.717, 1.165) is 12.3 Å². The molecular formula is C13H9F3N2O3S. The van der Waals surface area contributed by atoms with Gasteiger partial charge in [0.1, 0.15) is 10.7 Å². The van der Waals surface area contributed by atoms with Crippen molar-refractivity contribution in [1.82, 2.24) is 4.98 Å². The number of aliphatic carboxylic acids is 1. The van der Waals surface area contributed by atoms with Crippen molar-refractivity contribution in [1.29, 1.82) is 0 Å². The lowest BCUT2D eigenvalue weighted by Gasteiger charge is -2.06. The molecule has 0 saturated heterocycles. The second-order valence-electron chi connectivity index (χ2n) is 4.33. The van der Waals surface area contributed by atoms with E-state index in [1.807, 2.05) is 0 Å². The molecule has 0 radical (unpaired) electrons. The Balaban J connectivity index is 2.19. The van der Waals surface area contributed by atoms with E-state index in [-0.39, 0.29) is 21.9 Å². The van der Waals surface area contributed by atoms with Gasteiger partial charge in [-0.3, -0.25) is 4.79 Å². The zero-order chi connectivity index (χ0) is 16.5. The fourth-order valence-electron chi connectivity index (χ4n) is 1.53. The number of nitrogens with one attached hydrogen (secondary N) is 1. The molecule has 1 aromatic carbocycles. The van der Waals surface area contributed by atoms with Crippen LogP contribution >= 0.6 is 11.3 Å². The van der Waals surface area contributed by atoms with Gasteiger partial charge >= 0.3 is 11.9 Å². The molecule has 2 aromatic rings. The Bertz CT molecular complexity index is 746. The van der Waals surface area contributed by atoms with Crippen LogP contribution < -0.4 is 5.32 Å². The van der Waals surface area contributed by atoms with E-state index in [1.165, 1.54) is 19.1 Å². The van der Waals surface area contributed by atoms with Crippen molar-refractivity contribution in [2.45, 2.75) is 12.8 Å². The second-order valence-corrected chi connectivity index (χ2v) is 5.36. The van der Waals surface area contributed by atoms with Crippen LogP contribution in [0.15, 0.2) is 24.4 Å². The molecule has 2 N–H and O–H groups in total. The van der Waals surface area contributed by atoms with Gasteiger partial charge in [-0.05, 0) is 30.7 Å². The van der Waals surface area contributed by atoms with Crippen molar-refractivity contribution in [3.8, 4) is 0 Å². The largest absolute Gasteiger partial charge is 0.476 e. The van der Waals surface area contributed by atoms with Crippen LogP contribution in [0.25, 0.3) is 0 Å². The predicted molar refractivity (Wildman–Crippen MR) is 72.7 cm³/mol. The zero-order valence-corrected chi connectivity index (χ0v) is 11.9. The van der Waals surface area contributed by atoms with E-state index in [9.17, 15) is 22.8 Å². The van der Waals surface area contributed by atoms with E-state index in [2.05, 4.69) is 10.3 Å². The fourth-order valence-corrected chi connectivity index (χ4v) is 2.31. The molecule has 0 fully saturated rings. The summed E-state index contributed by atoms with van der Waals surface area (Å²) < 4.78 is 39.6. The topological polar surface area (TPSA) is 79.3 Å². The third-order valence-corrected chi connectivity index (χ3v) is 3.75. The van der Waals surface area contributed by atoms with Gasteiger partial charge in [-0.2, -0.15) is 8.78 Å². The van der Waals surface area contributed by atoms with Crippen LogP contribution in [-0.2, 0) is 10.7 Å². The normalized spacial score (nSPS) is 11.3. The molecule has 0 saturated carbocycles. The number of carbonyl (C=O) groups is 2. The zero-order valence-electron chi connectivity index (χ0n) is 11.1. The number of carboxylic acid groups (broad SMARTS) is 1. The number of aromatic nitrogens is 1. The number of anilines is 1. The first kappa shape index (κ1) is 16.0. The molecule has 0 unspecified atom stereocenters. The molecule has 0 aliphatic rings. The first-order chi connectivity index (χ1) is 10.2. The van der Waals surface area contributed by atoms with Crippen molar-refractivity contribution in [3.05, 3.63) is 45.7 Å². The molecule has 1 aromatic heterocycles. The summed E-state index contributed by atoms with van der Waals surface area (Å²) in [6.45, 7) is 1.50. The number of carboxylic acids is 1. The first-order valence-electron chi connectivity index (χ1n) is 5.87. The maximum absolute atomic E-state index is 13.3. The third kappa shape index (κ3) is 3.08. The van der Waals surface area contributed by atoms with Gasteiger partial charge in [0, 0.05) is 5.69 Å². The molecule has 0 aliphatic heterocycles. The number of alkyl halides is 2. The Kier molecular flexibility index (Phi) is 4.18. The quantitative estimate of drug-likeness (QED) is 0.903. The van der Waals surface area contributed by atoms with Gasteiger partial charge in [-0.15, -0.1) is 11.3 Å². The number of amides is 1. The number of thiazole rings is 1. The SMILES string of the molecule is Cc1cc(NC(=O)c2cnc(C(F)(F)C(=O)O)s2)ccc1F. The molecule has 22 heavy (non-hydrogen) atoms. The average Bonchev–Trinajstić information content (AvgIpc) is 2.93. The highest BCUT2D eigenvalue weighted by molar-refractivity contribution is 7.14. The minimum Gasteiger partial charge on any atom is -0.476 e. The maximum atomic E-state index is 13.3. The molecule has 0 bridgehead atoms. The van der Waals surface area contributed by atoms with Crippen LogP contribution in [0.4, 0.5) is 18.9 Å². The van der Waals surface area contributed by atoms with Crippen LogP contribution in [0.1, 0.15) is 20.2 Å². The van der Waals surface area contributed by atoms with Crippen LogP contribution in [0.2, 0.25) is 0 Å². The Labute approximate surface area is 126 Å². The van der Waals surface area contributed by atoms with Crippen molar-refractivity contribution in [3.63, 3.8) is 0 Å². The van der Waals surface area contributed by atoms with Crippen LogP contribution in [0.5, 0.6) is 0 Å². The Morgan fingerprint density at radius 3 is 2.64 bits per heavy atom. The summed E-state index contributed by atoms with van der Waals surface area (Å²) in [6, 6.07) is 3.84. The van der Waals surface area contributed by atoms with Crippen molar-refractivity contribution in [2.24, 2.45) is 0 Å². The minimum absolute atomic E-state index is 0.182. The van der Waals surface area contributed by atoms with Gasteiger partial charge in [-0.25, -0.2) is 14.2 Å². The summed E-state index contributed by atoms with van der Waals surface area (Å²) in [5, 5.41) is 9.82. The number of aryl methyl sites for hydroxylation is 1. The first-order valence-corrected chi connectivity index (χ1v) is 6.68. The van der Waals surface area contributed by atoms with E-state index in [0.29, 0.717) is 5.56 Å². The minimum atomic E-state index is -4.16. The highest BCUT2D eigenvalue weighted by atomic mass is 32.1. The van der Waals surface area contributed by atoms with Crippen LogP contribution in [0.3, 0.4) is 0 Å². The lowest BCUT2D eigenvalue weighted by molar-refractivity contribution is -0.166. The summed E-state index contributed by atoms with van der Waals surface area (Å²) in [5.74, 6) is -7.69. The summed E-state index contributed by atoms with van der Waals surface area (Å²) in [5.41, 5.74) is 0.587. The molecule has 1 amide bonds. The lowest BCUT2D eigenvalue weighted by atomic mass is 10.2. The molecule has 2 rings (SSSR count). The predicted octanol–water partition coefficient (Wildman–Crippen LogP) is 3.02. The third-order valence-electron chi connectivity index (χ3n) is 2.68. The van der Waals surface area contributed by atoms with E-state index >= 15 is 0 Å². The van der Waals surface area contributed by atoms with Crippen molar-refractivity contribution in [2.75, 3.05) is 5.32 Å². The number of halogens is 3. The second kappa shape index (κ2) is 5.76. The standard InChI is InChI=1S/C13H9F3N2O3S/c1-6-4-7(2-3-8(6)14)18-10(19)9-5-17-11(22-9)13(15,16)12(20)21/h2-5H,1H3,(H,18,19)(H,20,21). The summed E-state index contributed by atoms with van der Waals surface area (Å²) in [6.07, 6.45) is 0.864.